The van der Waals surface area contributed by atoms with E-state index in [1.54, 1.807) is 14.2 Å². The van der Waals surface area contributed by atoms with Crippen molar-refractivity contribution < 1.29 is 9.47 Å². The van der Waals surface area contributed by atoms with E-state index in [1.165, 1.54) is 0 Å². The lowest BCUT2D eigenvalue weighted by atomic mass is 10.2. The molecule has 0 fully saturated rings. The van der Waals surface area contributed by atoms with Crippen molar-refractivity contribution in [3.8, 4) is 0 Å². The van der Waals surface area contributed by atoms with E-state index in [0.29, 0.717) is 22.1 Å². The molecule has 1 heterocycles. The summed E-state index contributed by atoms with van der Waals surface area (Å²) in [4.78, 5) is 8.56. The van der Waals surface area contributed by atoms with Gasteiger partial charge in [-0.05, 0) is 22.4 Å². The molecule has 1 aromatic heterocycles. The van der Waals surface area contributed by atoms with Crippen LogP contribution in [0.2, 0.25) is 5.15 Å². The Morgan fingerprint density at radius 1 is 1.38 bits per heavy atom. The third-order valence-electron chi connectivity index (χ3n) is 2.12. The standard InChI is InChI=1S/C10H14BrClN2O2/c1-4-7(16-3)10-13-6(5-15-2)8(11)9(12)14-10/h7H,4-5H2,1-3H3. The summed E-state index contributed by atoms with van der Waals surface area (Å²) in [6, 6.07) is 0. The zero-order valence-electron chi connectivity index (χ0n) is 9.46. The average Bonchev–Trinajstić information content (AvgIpc) is 2.27. The fourth-order valence-corrected chi connectivity index (χ4v) is 1.80. The van der Waals surface area contributed by atoms with Gasteiger partial charge in [-0.15, -0.1) is 0 Å². The molecule has 0 saturated carbocycles. The van der Waals surface area contributed by atoms with Gasteiger partial charge >= 0.3 is 0 Å². The number of aromatic nitrogens is 2. The molecule has 0 aliphatic rings. The van der Waals surface area contributed by atoms with Crippen LogP contribution in [0.5, 0.6) is 0 Å². The van der Waals surface area contributed by atoms with E-state index in [-0.39, 0.29) is 6.10 Å². The predicted octanol–water partition coefficient (Wildman–Crippen LogP) is 3.14. The smallest absolute Gasteiger partial charge is 0.159 e. The Morgan fingerprint density at radius 3 is 2.56 bits per heavy atom. The van der Waals surface area contributed by atoms with Crippen LogP contribution in [0, 0.1) is 0 Å². The van der Waals surface area contributed by atoms with Gasteiger partial charge in [0.1, 0.15) is 11.3 Å². The summed E-state index contributed by atoms with van der Waals surface area (Å²) in [6.45, 7) is 2.39. The van der Waals surface area contributed by atoms with Crippen molar-refractivity contribution in [1.29, 1.82) is 0 Å². The Kier molecular flexibility index (Phi) is 5.61. The van der Waals surface area contributed by atoms with E-state index in [2.05, 4.69) is 25.9 Å². The highest BCUT2D eigenvalue weighted by Gasteiger charge is 2.16. The van der Waals surface area contributed by atoms with Gasteiger partial charge in [0.25, 0.3) is 0 Å². The summed E-state index contributed by atoms with van der Waals surface area (Å²) in [5.41, 5.74) is 0.730. The highest BCUT2D eigenvalue weighted by Crippen LogP contribution is 2.27. The number of nitrogens with zero attached hydrogens (tertiary/aromatic N) is 2. The summed E-state index contributed by atoms with van der Waals surface area (Å²) >= 11 is 9.33. The minimum Gasteiger partial charge on any atom is -0.378 e. The van der Waals surface area contributed by atoms with E-state index in [4.69, 9.17) is 21.1 Å². The van der Waals surface area contributed by atoms with Crippen molar-refractivity contribution in [2.45, 2.75) is 26.1 Å². The zero-order valence-corrected chi connectivity index (χ0v) is 11.8. The first-order chi connectivity index (χ1) is 7.63. The Labute approximate surface area is 108 Å². The van der Waals surface area contributed by atoms with Crippen LogP contribution >= 0.6 is 27.5 Å². The summed E-state index contributed by atoms with van der Waals surface area (Å²) in [6.07, 6.45) is 0.655. The van der Waals surface area contributed by atoms with Crippen molar-refractivity contribution in [1.82, 2.24) is 9.97 Å². The molecule has 1 rings (SSSR count). The van der Waals surface area contributed by atoms with Crippen LogP contribution in [0.25, 0.3) is 0 Å². The van der Waals surface area contributed by atoms with Gasteiger partial charge in [-0.1, -0.05) is 18.5 Å². The number of rotatable bonds is 5. The van der Waals surface area contributed by atoms with Crippen LogP contribution in [0.15, 0.2) is 4.47 Å². The quantitative estimate of drug-likeness (QED) is 0.784. The molecule has 1 unspecified atom stereocenters. The SMILES string of the molecule is CCC(OC)c1nc(Cl)c(Br)c(COC)n1. The number of methoxy groups -OCH3 is 2. The second-order valence-electron chi connectivity index (χ2n) is 3.20. The molecule has 0 aliphatic heterocycles. The highest BCUT2D eigenvalue weighted by atomic mass is 79.9. The molecule has 0 amide bonds. The molecule has 90 valence electrons. The summed E-state index contributed by atoms with van der Waals surface area (Å²) in [5.74, 6) is 0.588. The van der Waals surface area contributed by atoms with Crippen LogP contribution in [-0.4, -0.2) is 24.2 Å². The third kappa shape index (κ3) is 3.13. The maximum Gasteiger partial charge on any atom is 0.159 e. The molecule has 0 bridgehead atoms. The molecule has 16 heavy (non-hydrogen) atoms. The van der Waals surface area contributed by atoms with Gasteiger partial charge in [0.2, 0.25) is 0 Å². The van der Waals surface area contributed by atoms with Crippen LogP contribution in [0.4, 0.5) is 0 Å². The first-order valence-corrected chi connectivity index (χ1v) is 6.04. The lowest BCUT2D eigenvalue weighted by molar-refractivity contribution is 0.0916. The summed E-state index contributed by atoms with van der Waals surface area (Å²) < 4.78 is 11.0. The van der Waals surface area contributed by atoms with E-state index < -0.39 is 0 Å². The number of hydrogen-bond donors (Lipinski definition) is 0. The molecule has 0 radical (unpaired) electrons. The van der Waals surface area contributed by atoms with E-state index in [1.807, 2.05) is 6.92 Å². The Hall–Kier alpha value is -0.230. The number of ether oxygens (including phenoxy) is 2. The molecule has 4 nitrogen and oxygen atoms in total. The van der Waals surface area contributed by atoms with Gasteiger partial charge in [-0.2, -0.15) is 0 Å². The maximum absolute atomic E-state index is 6.00. The summed E-state index contributed by atoms with van der Waals surface area (Å²) in [5, 5.41) is 0.382. The second kappa shape index (κ2) is 6.49. The Morgan fingerprint density at radius 2 is 2.06 bits per heavy atom. The fourth-order valence-electron chi connectivity index (χ4n) is 1.31. The molecule has 0 saturated heterocycles. The van der Waals surface area contributed by atoms with Gasteiger partial charge < -0.3 is 9.47 Å². The lowest BCUT2D eigenvalue weighted by Crippen LogP contribution is -2.09. The minimum absolute atomic E-state index is 0.138. The summed E-state index contributed by atoms with van der Waals surface area (Å²) in [7, 11) is 3.24. The Balaban J connectivity index is 3.12. The number of hydrogen-bond acceptors (Lipinski definition) is 4. The zero-order chi connectivity index (χ0) is 12.1. The van der Waals surface area contributed by atoms with Crippen molar-refractivity contribution in [3.05, 3.63) is 21.1 Å². The van der Waals surface area contributed by atoms with Gasteiger partial charge in [0.05, 0.1) is 16.8 Å². The monoisotopic (exact) mass is 308 g/mol. The molecule has 0 N–H and O–H groups in total. The molecule has 0 aromatic carbocycles. The normalized spacial score (nSPS) is 12.8. The van der Waals surface area contributed by atoms with Gasteiger partial charge in [-0.25, -0.2) is 9.97 Å². The first kappa shape index (κ1) is 13.8. The van der Waals surface area contributed by atoms with Gasteiger partial charge in [0, 0.05) is 14.2 Å². The van der Waals surface area contributed by atoms with Crippen molar-refractivity contribution in [2.75, 3.05) is 14.2 Å². The molecule has 0 spiro atoms. The third-order valence-corrected chi connectivity index (χ3v) is 3.46. The molecular weight excluding hydrogens is 295 g/mol. The van der Waals surface area contributed by atoms with E-state index in [0.717, 1.165) is 12.1 Å². The van der Waals surface area contributed by atoms with Crippen molar-refractivity contribution >= 4 is 27.5 Å². The van der Waals surface area contributed by atoms with E-state index in [9.17, 15) is 0 Å². The minimum atomic E-state index is -0.138. The molecule has 1 aromatic rings. The maximum atomic E-state index is 6.00. The first-order valence-electron chi connectivity index (χ1n) is 4.87. The van der Waals surface area contributed by atoms with Crippen LogP contribution in [0.3, 0.4) is 0 Å². The van der Waals surface area contributed by atoms with Crippen LogP contribution in [-0.2, 0) is 16.1 Å². The Bertz CT molecular complexity index is 359. The topological polar surface area (TPSA) is 44.2 Å². The van der Waals surface area contributed by atoms with Crippen LogP contribution in [0.1, 0.15) is 31.0 Å². The average molecular weight is 310 g/mol. The largest absolute Gasteiger partial charge is 0.378 e. The van der Waals surface area contributed by atoms with Gasteiger partial charge in [-0.3, -0.25) is 0 Å². The molecule has 6 heteroatoms. The van der Waals surface area contributed by atoms with Crippen molar-refractivity contribution in [3.63, 3.8) is 0 Å². The second-order valence-corrected chi connectivity index (χ2v) is 4.35. The van der Waals surface area contributed by atoms with E-state index >= 15 is 0 Å². The molecule has 0 aliphatic carbocycles. The van der Waals surface area contributed by atoms with Gasteiger partial charge in [0.15, 0.2) is 5.82 Å². The fraction of sp³-hybridized carbons (Fsp3) is 0.600. The molecular formula is C10H14BrClN2O2. The van der Waals surface area contributed by atoms with Crippen molar-refractivity contribution in [2.24, 2.45) is 0 Å². The highest BCUT2D eigenvalue weighted by molar-refractivity contribution is 9.10. The molecule has 1 atom stereocenters. The number of halogens is 2. The van der Waals surface area contributed by atoms with Crippen LogP contribution < -0.4 is 0 Å². The predicted molar refractivity (Wildman–Crippen MR) is 65.5 cm³/mol. The lowest BCUT2D eigenvalue weighted by Gasteiger charge is -2.14.